The summed E-state index contributed by atoms with van der Waals surface area (Å²) in [7, 11) is 1.59. The lowest BCUT2D eigenvalue weighted by molar-refractivity contribution is -0.117. The summed E-state index contributed by atoms with van der Waals surface area (Å²) in [6.07, 6.45) is 9.95. The first kappa shape index (κ1) is 20.9. The van der Waals surface area contributed by atoms with E-state index in [-0.39, 0.29) is 12.5 Å². The van der Waals surface area contributed by atoms with Crippen molar-refractivity contribution in [3.05, 3.63) is 30.0 Å². The van der Waals surface area contributed by atoms with E-state index in [9.17, 15) is 9.90 Å². The summed E-state index contributed by atoms with van der Waals surface area (Å²) in [5.74, 6) is 0.595. The van der Waals surface area contributed by atoms with Gasteiger partial charge in [-0.2, -0.15) is 0 Å². The maximum atomic E-state index is 12.8. The van der Waals surface area contributed by atoms with Gasteiger partial charge in [-0.25, -0.2) is 0 Å². The number of aliphatic hydroxyl groups is 1. The van der Waals surface area contributed by atoms with E-state index in [0.29, 0.717) is 18.9 Å². The summed E-state index contributed by atoms with van der Waals surface area (Å²) in [5, 5.41) is 14.8. The molecule has 5 heteroatoms. The van der Waals surface area contributed by atoms with E-state index in [1.165, 1.54) is 25.7 Å². The fourth-order valence-electron chi connectivity index (χ4n) is 4.51. The predicted molar refractivity (Wildman–Crippen MR) is 114 cm³/mol. The fourth-order valence-corrected chi connectivity index (χ4v) is 4.51. The molecule has 1 aliphatic rings. The Morgan fingerprint density at radius 1 is 1.29 bits per heavy atom. The second kappa shape index (κ2) is 9.10. The van der Waals surface area contributed by atoms with Crippen molar-refractivity contribution in [2.75, 3.05) is 19.0 Å². The maximum Gasteiger partial charge on any atom is 0.224 e. The first-order valence-electron chi connectivity index (χ1n) is 10.5. The Kier molecular flexibility index (Phi) is 6.78. The Labute approximate surface area is 168 Å². The van der Waals surface area contributed by atoms with Crippen molar-refractivity contribution in [1.29, 1.82) is 0 Å². The molecule has 1 aliphatic carbocycles. The molecule has 1 amide bonds. The van der Waals surface area contributed by atoms with E-state index in [2.05, 4.69) is 18.3 Å². The molecule has 2 aromatic rings. The number of ether oxygens (including phenoxy) is 1. The molecule has 1 atom stereocenters. The maximum absolute atomic E-state index is 12.8. The number of anilines is 1. The highest BCUT2D eigenvalue weighted by atomic mass is 16.5. The summed E-state index contributed by atoms with van der Waals surface area (Å²) < 4.78 is 7.16. The predicted octanol–water partition coefficient (Wildman–Crippen LogP) is 4.65. The van der Waals surface area contributed by atoms with Gasteiger partial charge in [0.1, 0.15) is 5.60 Å². The molecule has 5 nitrogen and oxygen atoms in total. The minimum atomic E-state index is -0.980. The van der Waals surface area contributed by atoms with Gasteiger partial charge in [0.05, 0.1) is 24.4 Å². The largest absolute Gasteiger partial charge is 0.386 e. The van der Waals surface area contributed by atoms with Crippen molar-refractivity contribution in [3.8, 4) is 0 Å². The molecule has 2 N–H and O–H groups in total. The van der Waals surface area contributed by atoms with Crippen LogP contribution in [0.25, 0.3) is 10.9 Å². The van der Waals surface area contributed by atoms with Gasteiger partial charge in [0.2, 0.25) is 5.91 Å². The van der Waals surface area contributed by atoms with Crippen LogP contribution in [0.5, 0.6) is 0 Å². The molecule has 1 heterocycles. The normalized spacial score (nSPS) is 18.0. The minimum Gasteiger partial charge on any atom is -0.386 e. The highest BCUT2D eigenvalue weighted by Crippen LogP contribution is 2.31. The Morgan fingerprint density at radius 3 is 2.68 bits per heavy atom. The summed E-state index contributed by atoms with van der Waals surface area (Å²) in [6, 6.07) is 6.10. The number of benzene rings is 1. The number of aryl methyl sites for hydroxylation is 1. The monoisotopic (exact) mass is 386 g/mol. The number of nitrogens with one attached hydrogen (secondary N) is 1. The highest BCUT2D eigenvalue weighted by Gasteiger charge is 2.24. The third kappa shape index (κ3) is 5.15. The third-order valence-electron chi connectivity index (χ3n) is 5.80. The number of rotatable bonds is 7. The van der Waals surface area contributed by atoms with Gasteiger partial charge in [-0.1, -0.05) is 37.8 Å². The molecular weight excluding hydrogens is 352 g/mol. The third-order valence-corrected chi connectivity index (χ3v) is 5.80. The van der Waals surface area contributed by atoms with Crippen LogP contribution >= 0.6 is 0 Å². The average Bonchev–Trinajstić information content (AvgIpc) is 2.79. The van der Waals surface area contributed by atoms with E-state index in [0.717, 1.165) is 35.0 Å². The van der Waals surface area contributed by atoms with E-state index in [1.54, 1.807) is 14.0 Å². The Morgan fingerprint density at radius 2 is 2.00 bits per heavy atom. The van der Waals surface area contributed by atoms with Gasteiger partial charge in [-0.15, -0.1) is 0 Å². The molecule has 1 aromatic carbocycles. The number of hydrogen-bond acceptors (Lipinski definition) is 3. The topological polar surface area (TPSA) is 63.5 Å². The number of methoxy groups -OCH3 is 1. The van der Waals surface area contributed by atoms with Crippen molar-refractivity contribution in [3.63, 3.8) is 0 Å². The number of nitrogens with zero attached hydrogens (tertiary/aromatic N) is 1. The van der Waals surface area contributed by atoms with E-state index in [4.69, 9.17) is 4.74 Å². The zero-order valence-electron chi connectivity index (χ0n) is 17.5. The van der Waals surface area contributed by atoms with E-state index >= 15 is 0 Å². The van der Waals surface area contributed by atoms with Crippen LogP contribution in [-0.4, -0.2) is 34.9 Å². The minimum absolute atomic E-state index is 0.0952. The zero-order chi connectivity index (χ0) is 20.1. The van der Waals surface area contributed by atoms with Gasteiger partial charge < -0.3 is 19.7 Å². The van der Waals surface area contributed by atoms with Crippen molar-refractivity contribution >= 4 is 22.5 Å². The van der Waals surface area contributed by atoms with Gasteiger partial charge >= 0.3 is 0 Å². The molecule has 0 saturated heterocycles. The average molecular weight is 387 g/mol. The Bertz CT molecular complexity index is 802. The molecule has 3 rings (SSSR count). The quantitative estimate of drug-likeness (QED) is 0.681. The van der Waals surface area contributed by atoms with Crippen LogP contribution in [0, 0.1) is 12.8 Å². The highest BCUT2D eigenvalue weighted by molar-refractivity contribution is 6.03. The van der Waals surface area contributed by atoms with Gasteiger partial charge in [0.15, 0.2) is 0 Å². The molecule has 0 bridgehead atoms. The number of hydrogen-bond donors (Lipinski definition) is 2. The van der Waals surface area contributed by atoms with Crippen LogP contribution in [0.3, 0.4) is 0 Å². The lowest BCUT2D eigenvalue weighted by Crippen LogP contribution is -2.35. The smallest absolute Gasteiger partial charge is 0.224 e. The molecule has 0 radical (unpaired) electrons. The number of fused-ring (bicyclic) bond motifs is 1. The van der Waals surface area contributed by atoms with Crippen LogP contribution in [0.4, 0.5) is 5.69 Å². The van der Waals surface area contributed by atoms with Crippen LogP contribution in [0.15, 0.2) is 24.4 Å². The Balaban J connectivity index is 1.81. The molecule has 1 aromatic heterocycles. The second-order valence-corrected chi connectivity index (χ2v) is 8.68. The van der Waals surface area contributed by atoms with Gasteiger partial charge in [-0.05, 0) is 44.2 Å². The molecule has 1 fully saturated rings. The molecular formula is C23H34N2O3. The molecule has 1 saturated carbocycles. The number of aromatic nitrogens is 1. The molecule has 1 unspecified atom stereocenters. The zero-order valence-corrected chi connectivity index (χ0v) is 17.5. The molecule has 0 aliphatic heterocycles. The molecule has 28 heavy (non-hydrogen) atoms. The van der Waals surface area contributed by atoms with E-state index in [1.807, 2.05) is 22.9 Å². The fraction of sp³-hybridized carbons (Fsp3) is 0.609. The molecule has 0 spiro atoms. The van der Waals surface area contributed by atoms with Crippen LogP contribution in [0.1, 0.15) is 57.4 Å². The first-order valence-corrected chi connectivity index (χ1v) is 10.5. The van der Waals surface area contributed by atoms with E-state index < -0.39 is 5.60 Å². The van der Waals surface area contributed by atoms with Crippen molar-refractivity contribution in [2.24, 2.45) is 5.92 Å². The first-order chi connectivity index (χ1) is 13.4. The number of amides is 1. The summed E-state index contributed by atoms with van der Waals surface area (Å²) in [6.45, 7) is 4.48. The van der Waals surface area contributed by atoms with Crippen LogP contribution < -0.4 is 5.32 Å². The van der Waals surface area contributed by atoms with Crippen molar-refractivity contribution in [2.45, 2.75) is 70.9 Å². The van der Waals surface area contributed by atoms with Gasteiger partial charge in [0, 0.05) is 25.1 Å². The summed E-state index contributed by atoms with van der Waals surface area (Å²) >= 11 is 0. The SMILES string of the molecule is COCC(C)(O)Cn1cc(NC(=O)CC2CCCCCC2)c2c(C)cccc21. The number of carbonyl (C=O) groups excluding carboxylic acids is 1. The van der Waals surface area contributed by atoms with Crippen molar-refractivity contribution < 1.29 is 14.6 Å². The van der Waals surface area contributed by atoms with Crippen LogP contribution in [-0.2, 0) is 16.1 Å². The van der Waals surface area contributed by atoms with Gasteiger partial charge in [-0.3, -0.25) is 4.79 Å². The second-order valence-electron chi connectivity index (χ2n) is 8.68. The lowest BCUT2D eigenvalue weighted by atomic mass is 9.96. The van der Waals surface area contributed by atoms with Crippen molar-refractivity contribution in [1.82, 2.24) is 4.57 Å². The lowest BCUT2D eigenvalue weighted by Gasteiger charge is -2.23. The summed E-state index contributed by atoms with van der Waals surface area (Å²) in [5.41, 5.74) is 1.99. The summed E-state index contributed by atoms with van der Waals surface area (Å²) in [4.78, 5) is 12.8. The standard InChI is InChI=1S/C23H34N2O3/c1-17-9-8-12-20-22(17)19(14-25(20)15-23(2,27)16-28-3)24-21(26)13-18-10-6-4-5-7-11-18/h8-9,12,14,18,27H,4-7,10-11,13,15-16H2,1-3H3,(H,24,26). The van der Waals surface area contributed by atoms with Crippen LogP contribution in [0.2, 0.25) is 0 Å². The number of carbonyl (C=O) groups is 1. The Hall–Kier alpha value is -1.85. The van der Waals surface area contributed by atoms with Gasteiger partial charge in [0.25, 0.3) is 0 Å². The molecule has 154 valence electrons.